The zero-order valence-electron chi connectivity index (χ0n) is 32.9. The molecule has 0 saturated heterocycles. The summed E-state index contributed by atoms with van der Waals surface area (Å²) < 4.78 is 6.35. The van der Waals surface area contributed by atoms with E-state index in [-0.39, 0.29) is 24.8 Å². The van der Waals surface area contributed by atoms with Gasteiger partial charge in [-0.1, -0.05) is 0 Å². The molecule has 2 unspecified atom stereocenters. The number of benzene rings is 6. The fourth-order valence-corrected chi connectivity index (χ4v) is 30.8. The summed E-state index contributed by atoms with van der Waals surface area (Å²) in [6.07, 6.45) is 5.14. The van der Waals surface area contributed by atoms with Gasteiger partial charge in [0.25, 0.3) is 0 Å². The molecule has 4 heteroatoms. The van der Waals surface area contributed by atoms with Crippen LogP contribution in [0.25, 0.3) is 56.7 Å². The Kier molecular flexibility index (Phi) is 11.0. The van der Waals surface area contributed by atoms with Gasteiger partial charge in [-0.2, -0.15) is 0 Å². The predicted octanol–water partition coefficient (Wildman–Crippen LogP) is 14.4. The summed E-state index contributed by atoms with van der Waals surface area (Å²) in [7, 11) is 0. The van der Waals surface area contributed by atoms with Crippen molar-refractivity contribution >= 4 is 43.8 Å². The molecule has 8 rings (SSSR count). The molecule has 274 valence electrons. The summed E-state index contributed by atoms with van der Waals surface area (Å²) in [5, 5.41) is 0. The molecule has 0 fully saturated rings. The van der Waals surface area contributed by atoms with E-state index in [1.165, 1.54) is 89.0 Å². The molecule has 2 aliphatic carbocycles. The van der Waals surface area contributed by atoms with Gasteiger partial charge in [0, 0.05) is 0 Å². The number of hydrogen-bond donors (Lipinski definition) is 0. The van der Waals surface area contributed by atoms with Crippen LogP contribution in [0.4, 0.5) is 0 Å². The van der Waals surface area contributed by atoms with Crippen LogP contribution in [-0.4, -0.2) is 6.88 Å². The van der Waals surface area contributed by atoms with Crippen LogP contribution in [0.3, 0.4) is 0 Å². The second kappa shape index (κ2) is 14.9. The van der Waals surface area contributed by atoms with E-state index in [4.69, 9.17) is 0 Å². The summed E-state index contributed by atoms with van der Waals surface area (Å²) in [6, 6.07) is 46.4. The third kappa shape index (κ3) is 6.83. The smallest absolute Gasteiger partial charge is 0.147 e. The minimum atomic E-state index is -3.98. The number of aryl methyl sites for hydroxylation is 4. The maximum absolute atomic E-state index is 3.98. The van der Waals surface area contributed by atoms with Crippen molar-refractivity contribution in [2.24, 2.45) is 0 Å². The van der Waals surface area contributed by atoms with E-state index in [0.29, 0.717) is 7.25 Å². The molecule has 0 bridgehead atoms. The molecule has 2 aliphatic rings. The van der Waals surface area contributed by atoms with E-state index >= 15 is 0 Å². The first-order chi connectivity index (χ1) is 24.8. The molecule has 6 aromatic carbocycles. The number of rotatable bonds is 6. The van der Waals surface area contributed by atoms with Gasteiger partial charge in [0.2, 0.25) is 0 Å². The average molecular weight is 843 g/mol. The van der Waals surface area contributed by atoms with E-state index < -0.39 is 17.4 Å². The molecule has 0 saturated carbocycles. The number of halogens is 2. The van der Waals surface area contributed by atoms with Crippen molar-refractivity contribution in [2.45, 2.75) is 58.1 Å². The first kappa shape index (κ1) is 40.2. The number of fused-ring (bicyclic) bond motifs is 2. The molecule has 0 heterocycles. The fourth-order valence-electron chi connectivity index (χ4n) is 9.83. The standard InChI is InChI=1S/2C24H21.2CH3.2ClH.H2Si.Zr/c2*1-16-4-8-19(9-5-16)21-12-13-22(20-10-6-17(2)7-11-20)24-15-18(3)14-23(21)24;;;;;;/h2*4-15H,1-3H3;2*1H3;2*1H;1H2;. The molecule has 0 N–H and O–H groups in total. The monoisotopic (exact) mass is 840 g/mol. The van der Waals surface area contributed by atoms with Crippen molar-refractivity contribution in [3.05, 3.63) is 177 Å². The van der Waals surface area contributed by atoms with Gasteiger partial charge in [-0.05, 0) is 0 Å². The van der Waals surface area contributed by atoms with Crippen molar-refractivity contribution in [3.63, 3.8) is 0 Å². The van der Waals surface area contributed by atoms with Crippen LogP contribution in [0.2, 0.25) is 9.26 Å². The molecular formula is C50H52Cl2SiZr. The summed E-state index contributed by atoms with van der Waals surface area (Å²) in [6.45, 7) is 16.1. The first-order valence-electron chi connectivity index (χ1n) is 18.8. The minimum absolute atomic E-state index is 0. The van der Waals surface area contributed by atoms with Crippen LogP contribution in [0, 0.1) is 27.7 Å². The van der Waals surface area contributed by atoms with Crippen molar-refractivity contribution in [1.29, 1.82) is 0 Å². The minimum Gasteiger partial charge on any atom is -0.147 e. The summed E-state index contributed by atoms with van der Waals surface area (Å²) in [4.78, 5) is 0. The van der Waals surface area contributed by atoms with Gasteiger partial charge >= 0.3 is 316 Å². The third-order valence-electron chi connectivity index (χ3n) is 12.2. The van der Waals surface area contributed by atoms with E-state index in [0.717, 1.165) is 0 Å². The molecule has 0 amide bonds. The SMILES string of the molecule is CC1=Cc2c(-c3ccc(C)cc3)ccc(-c3ccc(C)cc3)c2[CH]1[Zr]([CH3])([CH3])(=[SiH2])[CH]1C(C)=Cc2c(-c3ccc(C)cc3)ccc(-c3ccc(C)cc3)c21.Cl.Cl. The van der Waals surface area contributed by atoms with Crippen LogP contribution in [-0.2, 0) is 17.4 Å². The van der Waals surface area contributed by atoms with Crippen molar-refractivity contribution in [1.82, 2.24) is 0 Å². The molecule has 0 radical (unpaired) electrons. The molecule has 0 aromatic heterocycles. The van der Waals surface area contributed by atoms with E-state index in [2.05, 4.69) is 191 Å². The average Bonchev–Trinajstić information content (AvgIpc) is 3.67. The van der Waals surface area contributed by atoms with Gasteiger partial charge in [0.15, 0.2) is 0 Å². The van der Waals surface area contributed by atoms with Gasteiger partial charge in [-0.15, -0.1) is 24.8 Å². The van der Waals surface area contributed by atoms with Crippen LogP contribution in [0.15, 0.2) is 132 Å². The topological polar surface area (TPSA) is 0 Å². The molecule has 0 nitrogen and oxygen atoms in total. The molecule has 54 heavy (non-hydrogen) atoms. The Hall–Kier alpha value is -3.52. The Labute approximate surface area is 338 Å². The van der Waals surface area contributed by atoms with Gasteiger partial charge in [0.1, 0.15) is 0 Å². The van der Waals surface area contributed by atoms with E-state index in [1.807, 2.05) is 0 Å². The Morgan fingerprint density at radius 3 is 0.889 bits per heavy atom. The van der Waals surface area contributed by atoms with E-state index in [9.17, 15) is 0 Å². The van der Waals surface area contributed by atoms with Crippen LogP contribution in [0.5, 0.6) is 0 Å². The first-order valence-corrected chi connectivity index (χ1v) is 32.5. The molecule has 6 aromatic rings. The second-order valence-electron chi connectivity index (χ2n) is 17.0. The van der Waals surface area contributed by atoms with Gasteiger partial charge in [-0.3, -0.25) is 0 Å². The van der Waals surface area contributed by atoms with Gasteiger partial charge in [0.05, 0.1) is 0 Å². The summed E-state index contributed by atoms with van der Waals surface area (Å²) in [5.41, 5.74) is 24.9. The molecule has 0 spiro atoms. The number of allylic oxidation sites excluding steroid dienone is 2. The third-order valence-corrected chi connectivity index (χ3v) is 30.0. The Balaban J connectivity index is 0.00000249. The molecular weight excluding hydrogens is 791 g/mol. The maximum Gasteiger partial charge on any atom is -0.147 e. The summed E-state index contributed by atoms with van der Waals surface area (Å²) >= 11 is -3.98. The molecule has 0 aliphatic heterocycles. The predicted molar refractivity (Wildman–Crippen MR) is 241 cm³/mol. The summed E-state index contributed by atoms with van der Waals surface area (Å²) in [5.74, 6) is 0. The second-order valence-corrected chi connectivity index (χ2v) is 47.5. The molecule has 2 atom stereocenters. The van der Waals surface area contributed by atoms with Gasteiger partial charge in [-0.25, -0.2) is 0 Å². The number of hydrogen-bond acceptors (Lipinski definition) is 0. The Bertz CT molecular complexity index is 2340. The van der Waals surface area contributed by atoms with Crippen molar-refractivity contribution in [3.8, 4) is 44.5 Å². The van der Waals surface area contributed by atoms with Crippen LogP contribution < -0.4 is 0 Å². The van der Waals surface area contributed by atoms with Crippen molar-refractivity contribution in [2.75, 3.05) is 0 Å². The van der Waals surface area contributed by atoms with Gasteiger partial charge < -0.3 is 0 Å². The Morgan fingerprint density at radius 2 is 0.611 bits per heavy atom. The maximum atomic E-state index is 2.78. The Morgan fingerprint density at radius 1 is 0.370 bits per heavy atom. The zero-order valence-corrected chi connectivity index (χ0v) is 38.4. The zero-order chi connectivity index (χ0) is 36.6. The van der Waals surface area contributed by atoms with Crippen LogP contribution in [0.1, 0.15) is 65.6 Å². The normalized spacial score (nSPS) is 16.1. The quantitative estimate of drug-likeness (QED) is 0.147. The van der Waals surface area contributed by atoms with Crippen molar-refractivity contribution < 1.29 is 17.4 Å². The largest absolute Gasteiger partial charge is 0.147 e. The van der Waals surface area contributed by atoms with Crippen LogP contribution >= 0.6 is 24.8 Å². The fraction of sp³-hybridized carbons (Fsp3) is 0.200. The van der Waals surface area contributed by atoms with E-state index in [1.54, 1.807) is 11.1 Å².